The monoisotopic (exact) mass is 245 g/mol. The molecule has 15 heavy (non-hydrogen) atoms. The Balaban J connectivity index is 2.29. The summed E-state index contributed by atoms with van der Waals surface area (Å²) in [5.41, 5.74) is 1.38. The molecule has 0 aromatic carbocycles. The van der Waals surface area contributed by atoms with Crippen molar-refractivity contribution in [1.29, 1.82) is 0 Å². The van der Waals surface area contributed by atoms with Crippen molar-refractivity contribution in [3.8, 4) is 0 Å². The predicted molar refractivity (Wildman–Crippen MR) is 69.0 cm³/mol. The van der Waals surface area contributed by atoms with E-state index in [2.05, 4.69) is 36.0 Å². The van der Waals surface area contributed by atoms with E-state index in [4.69, 9.17) is 0 Å². The zero-order valence-electron chi connectivity index (χ0n) is 9.53. The lowest BCUT2D eigenvalue weighted by Crippen LogP contribution is -2.38. The Morgan fingerprint density at radius 2 is 2.20 bits per heavy atom. The Kier molecular flexibility index (Phi) is 5.50. The molecule has 0 aliphatic carbocycles. The van der Waals surface area contributed by atoms with Crippen LogP contribution in [0.1, 0.15) is 19.4 Å². The van der Waals surface area contributed by atoms with Gasteiger partial charge in [-0.2, -0.15) is 11.3 Å². The average Bonchev–Trinajstić information content (AvgIpc) is 2.53. The molecule has 0 aliphatic heterocycles. The van der Waals surface area contributed by atoms with Gasteiger partial charge in [-0.15, -0.1) is 0 Å². The first-order valence-corrected chi connectivity index (χ1v) is 7.82. The van der Waals surface area contributed by atoms with Crippen LogP contribution in [0, 0.1) is 0 Å². The minimum Gasteiger partial charge on any atom is -0.311 e. The molecular formula is C11H19NOS2. The summed E-state index contributed by atoms with van der Waals surface area (Å²) in [5, 5.41) is 7.75. The smallest absolute Gasteiger partial charge is 0.0383 e. The second kappa shape index (κ2) is 6.40. The lowest BCUT2D eigenvalue weighted by Gasteiger charge is -2.18. The molecule has 0 aliphatic rings. The molecule has 0 saturated carbocycles. The van der Waals surface area contributed by atoms with Crippen molar-refractivity contribution in [2.45, 2.75) is 32.4 Å². The number of nitrogens with one attached hydrogen (secondary N) is 1. The summed E-state index contributed by atoms with van der Waals surface area (Å²) < 4.78 is 11.0. The largest absolute Gasteiger partial charge is 0.311 e. The van der Waals surface area contributed by atoms with Gasteiger partial charge in [-0.05, 0) is 42.7 Å². The maximum absolute atomic E-state index is 11.0. The highest BCUT2D eigenvalue weighted by Gasteiger charge is 2.09. The lowest BCUT2D eigenvalue weighted by atomic mass is 10.1. The van der Waals surface area contributed by atoms with E-state index in [0.717, 1.165) is 12.2 Å². The van der Waals surface area contributed by atoms with Crippen molar-refractivity contribution in [3.05, 3.63) is 22.4 Å². The van der Waals surface area contributed by atoms with Crippen LogP contribution in [0.25, 0.3) is 0 Å². The second-order valence-electron chi connectivity index (χ2n) is 4.04. The molecule has 0 radical (unpaired) electrons. The summed E-state index contributed by atoms with van der Waals surface area (Å²) in [6.07, 6.45) is 2.80. The lowest BCUT2D eigenvalue weighted by molar-refractivity contribution is 0.490. The maximum Gasteiger partial charge on any atom is 0.0383 e. The highest BCUT2D eigenvalue weighted by Crippen LogP contribution is 2.08. The molecule has 0 bridgehead atoms. The predicted octanol–water partition coefficient (Wildman–Crippen LogP) is 2.04. The highest BCUT2D eigenvalue weighted by atomic mass is 32.2. The van der Waals surface area contributed by atoms with Crippen molar-refractivity contribution < 1.29 is 4.21 Å². The molecule has 1 aromatic rings. The van der Waals surface area contributed by atoms with Gasteiger partial charge in [0.25, 0.3) is 0 Å². The molecule has 1 rings (SSSR count). The van der Waals surface area contributed by atoms with Crippen molar-refractivity contribution in [2.75, 3.05) is 12.0 Å². The Morgan fingerprint density at radius 1 is 1.47 bits per heavy atom. The number of rotatable bonds is 6. The van der Waals surface area contributed by atoms with Crippen LogP contribution >= 0.6 is 11.3 Å². The number of thiophene rings is 1. The molecule has 0 amide bonds. The molecule has 86 valence electrons. The molecule has 1 aromatic heterocycles. The second-order valence-corrected chi connectivity index (χ2v) is 6.30. The minimum absolute atomic E-state index is 0.324. The summed E-state index contributed by atoms with van der Waals surface area (Å²) in [7, 11) is -0.711. The summed E-state index contributed by atoms with van der Waals surface area (Å²) >= 11 is 1.73. The molecule has 1 heterocycles. The fourth-order valence-electron chi connectivity index (χ4n) is 1.71. The molecule has 3 atom stereocenters. The van der Waals surface area contributed by atoms with E-state index >= 15 is 0 Å². The van der Waals surface area contributed by atoms with Crippen LogP contribution in [0.3, 0.4) is 0 Å². The van der Waals surface area contributed by atoms with Crippen molar-refractivity contribution >= 4 is 22.1 Å². The summed E-state index contributed by atoms with van der Waals surface area (Å²) in [6.45, 7) is 4.26. The van der Waals surface area contributed by atoms with Gasteiger partial charge in [-0.1, -0.05) is 0 Å². The SMILES string of the molecule is CC(Cc1ccsc1)NC(C)CS(C)=O. The van der Waals surface area contributed by atoms with E-state index < -0.39 is 10.8 Å². The Hall–Kier alpha value is -0.190. The van der Waals surface area contributed by atoms with Gasteiger partial charge >= 0.3 is 0 Å². The summed E-state index contributed by atoms with van der Waals surface area (Å²) in [5.74, 6) is 0.730. The van der Waals surface area contributed by atoms with E-state index in [-0.39, 0.29) is 0 Å². The fourth-order valence-corrected chi connectivity index (χ4v) is 3.19. The number of hydrogen-bond donors (Lipinski definition) is 1. The van der Waals surface area contributed by atoms with Gasteiger partial charge in [0, 0.05) is 34.9 Å². The molecule has 1 N–H and O–H groups in total. The fraction of sp³-hybridized carbons (Fsp3) is 0.636. The Labute approximate surface area is 98.6 Å². The first kappa shape index (κ1) is 12.9. The average molecular weight is 245 g/mol. The molecular weight excluding hydrogens is 226 g/mol. The molecule has 3 unspecified atom stereocenters. The third kappa shape index (κ3) is 5.44. The molecule has 0 fully saturated rings. The topological polar surface area (TPSA) is 29.1 Å². The van der Waals surface area contributed by atoms with E-state index in [9.17, 15) is 4.21 Å². The zero-order valence-corrected chi connectivity index (χ0v) is 11.2. The van der Waals surface area contributed by atoms with Crippen molar-refractivity contribution in [1.82, 2.24) is 5.32 Å². The van der Waals surface area contributed by atoms with Crippen LogP contribution in [-0.4, -0.2) is 28.3 Å². The Bertz CT molecular complexity index is 298. The van der Waals surface area contributed by atoms with Crippen LogP contribution < -0.4 is 5.32 Å². The maximum atomic E-state index is 11.0. The molecule has 2 nitrogen and oxygen atoms in total. The Morgan fingerprint density at radius 3 is 2.73 bits per heavy atom. The zero-order chi connectivity index (χ0) is 11.3. The van der Waals surface area contributed by atoms with Crippen molar-refractivity contribution in [2.24, 2.45) is 0 Å². The van der Waals surface area contributed by atoms with Gasteiger partial charge in [0.15, 0.2) is 0 Å². The normalized spacial score (nSPS) is 17.3. The van der Waals surface area contributed by atoms with Crippen molar-refractivity contribution in [3.63, 3.8) is 0 Å². The molecule has 0 saturated heterocycles. The standard InChI is InChI=1S/C11H19NOS2/c1-9(6-11-4-5-14-7-11)12-10(2)8-15(3)13/h4-5,7,9-10,12H,6,8H2,1-3H3. The van der Waals surface area contributed by atoms with Gasteiger partial charge in [0.2, 0.25) is 0 Å². The van der Waals surface area contributed by atoms with Gasteiger partial charge in [0.05, 0.1) is 0 Å². The first-order valence-electron chi connectivity index (χ1n) is 5.15. The van der Waals surface area contributed by atoms with Crippen LogP contribution in [0.15, 0.2) is 16.8 Å². The van der Waals surface area contributed by atoms with Gasteiger partial charge in [-0.25, -0.2) is 0 Å². The van der Waals surface area contributed by atoms with Gasteiger partial charge in [0.1, 0.15) is 0 Å². The molecule has 0 spiro atoms. The van der Waals surface area contributed by atoms with Gasteiger partial charge < -0.3 is 5.32 Å². The van der Waals surface area contributed by atoms with Gasteiger partial charge in [-0.3, -0.25) is 4.21 Å². The minimum atomic E-state index is -0.711. The highest BCUT2D eigenvalue weighted by molar-refractivity contribution is 7.84. The number of hydrogen-bond acceptors (Lipinski definition) is 3. The quantitative estimate of drug-likeness (QED) is 0.831. The third-order valence-corrected chi connectivity index (χ3v) is 3.88. The first-order chi connectivity index (χ1) is 7.08. The third-order valence-electron chi connectivity index (χ3n) is 2.18. The summed E-state index contributed by atoms with van der Waals surface area (Å²) in [4.78, 5) is 0. The van der Waals surface area contributed by atoms with E-state index in [1.54, 1.807) is 17.6 Å². The van der Waals surface area contributed by atoms with Crippen LogP contribution in [0.5, 0.6) is 0 Å². The van der Waals surface area contributed by atoms with E-state index in [0.29, 0.717) is 12.1 Å². The van der Waals surface area contributed by atoms with Crippen LogP contribution in [-0.2, 0) is 17.2 Å². The van der Waals surface area contributed by atoms with Crippen LogP contribution in [0.4, 0.5) is 0 Å². The van der Waals surface area contributed by atoms with Crippen LogP contribution in [0.2, 0.25) is 0 Å². The molecule has 4 heteroatoms. The van der Waals surface area contributed by atoms with E-state index in [1.165, 1.54) is 5.56 Å². The summed E-state index contributed by atoms with van der Waals surface area (Å²) in [6, 6.07) is 2.92. The van der Waals surface area contributed by atoms with E-state index in [1.807, 2.05) is 0 Å².